The Bertz CT molecular complexity index is 1320. The molecule has 0 fully saturated rings. The van der Waals surface area contributed by atoms with Crippen molar-refractivity contribution < 1.29 is 22.7 Å². The third-order valence-electron chi connectivity index (χ3n) is 5.46. The molecule has 0 aliphatic carbocycles. The van der Waals surface area contributed by atoms with E-state index in [1.54, 1.807) is 61.5 Å². The molecule has 0 saturated carbocycles. The summed E-state index contributed by atoms with van der Waals surface area (Å²) >= 11 is 6.07. The lowest BCUT2D eigenvalue weighted by atomic mass is 10.2. The first kappa shape index (κ1) is 27.2. The van der Waals surface area contributed by atoms with Crippen LogP contribution in [0.1, 0.15) is 41.3 Å². The van der Waals surface area contributed by atoms with Crippen molar-refractivity contribution >= 4 is 44.9 Å². The second-order valence-corrected chi connectivity index (χ2v) is 10.7. The molecule has 3 rings (SSSR count). The minimum Gasteiger partial charge on any atom is -0.462 e. The number of nitrogens with zero attached hydrogens (tertiary/aromatic N) is 1. The second-order valence-electron chi connectivity index (χ2n) is 8.37. The molecule has 36 heavy (non-hydrogen) atoms. The van der Waals surface area contributed by atoms with E-state index in [4.69, 9.17) is 16.3 Å². The molecule has 0 spiro atoms. The lowest BCUT2D eigenvalue weighted by Crippen LogP contribution is -2.38. The van der Waals surface area contributed by atoms with Crippen LogP contribution in [0.25, 0.3) is 0 Å². The van der Waals surface area contributed by atoms with Gasteiger partial charge >= 0.3 is 5.97 Å². The zero-order valence-corrected chi connectivity index (χ0v) is 22.0. The molecule has 1 amide bonds. The van der Waals surface area contributed by atoms with Gasteiger partial charge in [0.2, 0.25) is 5.91 Å². The third kappa shape index (κ3) is 6.86. The highest BCUT2D eigenvalue weighted by atomic mass is 35.5. The van der Waals surface area contributed by atoms with Gasteiger partial charge in [-0.25, -0.2) is 13.2 Å². The molecule has 3 aromatic carbocycles. The molecule has 0 radical (unpaired) electrons. The molecule has 9 heteroatoms. The van der Waals surface area contributed by atoms with Gasteiger partial charge in [-0.3, -0.25) is 9.10 Å². The van der Waals surface area contributed by atoms with Gasteiger partial charge in [0.05, 0.1) is 22.8 Å². The van der Waals surface area contributed by atoms with E-state index in [0.717, 1.165) is 22.7 Å². The Balaban J connectivity index is 1.82. The number of carbonyl (C=O) groups excluding carboxylic acids is 2. The first-order valence-corrected chi connectivity index (χ1v) is 13.4. The Morgan fingerprint density at radius 3 is 2.25 bits per heavy atom. The lowest BCUT2D eigenvalue weighted by molar-refractivity contribution is -0.114. The van der Waals surface area contributed by atoms with Crippen molar-refractivity contribution in [3.63, 3.8) is 0 Å². The minimum atomic E-state index is -4.05. The van der Waals surface area contributed by atoms with E-state index < -0.39 is 28.4 Å². The number of carbonyl (C=O) groups is 2. The zero-order chi connectivity index (χ0) is 26.3. The van der Waals surface area contributed by atoms with E-state index in [-0.39, 0.29) is 4.90 Å². The van der Waals surface area contributed by atoms with Gasteiger partial charge in [0, 0.05) is 10.7 Å². The second kappa shape index (κ2) is 12.1. The smallest absolute Gasteiger partial charge is 0.338 e. The normalized spacial score (nSPS) is 11.1. The standard InChI is InChI=1S/C27H29ClN2O5S/c1-4-5-16-35-27(32)21-8-11-23(12-9-21)29-26(31)18-30(25-15-10-22(28)17-20(25)3)36(33,34)24-13-6-19(2)7-14-24/h6-15,17H,4-5,16,18H2,1-3H3,(H,29,31). The van der Waals surface area contributed by atoms with Crippen LogP contribution in [0.15, 0.2) is 71.6 Å². The summed E-state index contributed by atoms with van der Waals surface area (Å²) in [5, 5.41) is 3.16. The van der Waals surface area contributed by atoms with E-state index in [0.29, 0.717) is 34.1 Å². The molecule has 0 aliphatic rings. The molecule has 0 heterocycles. The van der Waals surface area contributed by atoms with Crippen LogP contribution >= 0.6 is 11.6 Å². The fourth-order valence-electron chi connectivity index (χ4n) is 3.45. The Morgan fingerprint density at radius 1 is 0.972 bits per heavy atom. The topological polar surface area (TPSA) is 92.8 Å². The summed E-state index contributed by atoms with van der Waals surface area (Å²) in [4.78, 5) is 25.1. The van der Waals surface area contributed by atoms with Crippen molar-refractivity contribution in [1.29, 1.82) is 0 Å². The Morgan fingerprint density at radius 2 is 1.64 bits per heavy atom. The maximum Gasteiger partial charge on any atom is 0.338 e. The van der Waals surface area contributed by atoms with Gasteiger partial charge in [0.1, 0.15) is 6.54 Å². The number of unbranched alkanes of at least 4 members (excludes halogenated alkanes) is 1. The number of ether oxygens (including phenoxy) is 1. The fraction of sp³-hybridized carbons (Fsp3) is 0.259. The molecule has 0 unspecified atom stereocenters. The summed E-state index contributed by atoms with van der Waals surface area (Å²) in [5.41, 5.74) is 2.66. The molecular weight excluding hydrogens is 500 g/mol. The van der Waals surface area contributed by atoms with Gasteiger partial charge in [-0.05, 0) is 80.4 Å². The zero-order valence-electron chi connectivity index (χ0n) is 20.5. The van der Waals surface area contributed by atoms with Crippen LogP contribution in [0.4, 0.5) is 11.4 Å². The summed E-state index contributed by atoms with van der Waals surface area (Å²) in [5.74, 6) is -0.979. The minimum absolute atomic E-state index is 0.0705. The van der Waals surface area contributed by atoms with Crippen molar-refractivity contribution in [3.8, 4) is 0 Å². The van der Waals surface area contributed by atoms with E-state index >= 15 is 0 Å². The predicted molar refractivity (Wildman–Crippen MR) is 142 cm³/mol. The van der Waals surface area contributed by atoms with Crippen molar-refractivity contribution in [3.05, 3.63) is 88.4 Å². The largest absolute Gasteiger partial charge is 0.462 e. The van der Waals surface area contributed by atoms with Gasteiger partial charge in [-0.1, -0.05) is 42.6 Å². The molecule has 1 N–H and O–H groups in total. The fourth-order valence-corrected chi connectivity index (χ4v) is 5.16. The van der Waals surface area contributed by atoms with Crippen LogP contribution in [0.3, 0.4) is 0 Å². The highest BCUT2D eigenvalue weighted by molar-refractivity contribution is 7.92. The Kier molecular flexibility index (Phi) is 9.12. The van der Waals surface area contributed by atoms with Crippen LogP contribution in [-0.2, 0) is 19.6 Å². The van der Waals surface area contributed by atoms with Crippen LogP contribution in [0, 0.1) is 13.8 Å². The molecular formula is C27H29ClN2O5S. The van der Waals surface area contributed by atoms with Crippen LogP contribution in [0.2, 0.25) is 5.02 Å². The van der Waals surface area contributed by atoms with Gasteiger partial charge < -0.3 is 10.1 Å². The van der Waals surface area contributed by atoms with Gasteiger partial charge in [-0.15, -0.1) is 0 Å². The number of aryl methyl sites for hydroxylation is 2. The van der Waals surface area contributed by atoms with E-state index in [9.17, 15) is 18.0 Å². The Labute approximate surface area is 217 Å². The molecule has 3 aromatic rings. The highest BCUT2D eigenvalue weighted by Crippen LogP contribution is 2.29. The number of esters is 1. The summed E-state index contributed by atoms with van der Waals surface area (Å²) in [7, 11) is -4.05. The summed E-state index contributed by atoms with van der Waals surface area (Å²) < 4.78 is 33.4. The van der Waals surface area contributed by atoms with E-state index in [2.05, 4.69) is 5.32 Å². The maximum atomic E-state index is 13.6. The first-order chi connectivity index (χ1) is 17.1. The van der Waals surface area contributed by atoms with E-state index in [1.807, 2.05) is 13.8 Å². The summed E-state index contributed by atoms with van der Waals surface area (Å²) in [6.45, 7) is 5.49. The Hall–Kier alpha value is -3.36. The average molecular weight is 529 g/mol. The SMILES string of the molecule is CCCCOC(=O)c1ccc(NC(=O)CN(c2ccc(Cl)cc2C)S(=O)(=O)c2ccc(C)cc2)cc1. The maximum absolute atomic E-state index is 13.6. The molecule has 0 aromatic heterocycles. The molecule has 190 valence electrons. The molecule has 0 aliphatic heterocycles. The average Bonchev–Trinajstić information content (AvgIpc) is 2.84. The molecule has 0 saturated heterocycles. The molecule has 0 bridgehead atoms. The quantitative estimate of drug-likeness (QED) is 0.267. The van der Waals surface area contributed by atoms with Crippen LogP contribution in [-0.4, -0.2) is 33.4 Å². The van der Waals surface area contributed by atoms with Crippen molar-refractivity contribution in [1.82, 2.24) is 0 Å². The number of hydrogen-bond acceptors (Lipinski definition) is 5. The van der Waals surface area contributed by atoms with Gasteiger partial charge in [0.25, 0.3) is 10.0 Å². The van der Waals surface area contributed by atoms with Gasteiger partial charge in [-0.2, -0.15) is 0 Å². The van der Waals surface area contributed by atoms with Crippen molar-refractivity contribution in [2.75, 3.05) is 22.8 Å². The van der Waals surface area contributed by atoms with Crippen LogP contribution in [0.5, 0.6) is 0 Å². The van der Waals surface area contributed by atoms with Crippen molar-refractivity contribution in [2.45, 2.75) is 38.5 Å². The van der Waals surface area contributed by atoms with Gasteiger partial charge in [0.15, 0.2) is 0 Å². The highest BCUT2D eigenvalue weighted by Gasteiger charge is 2.28. The number of nitrogens with one attached hydrogen (secondary N) is 1. The molecule has 7 nitrogen and oxygen atoms in total. The lowest BCUT2D eigenvalue weighted by Gasteiger charge is -2.26. The number of amides is 1. The number of benzene rings is 3. The number of halogens is 1. The van der Waals surface area contributed by atoms with E-state index in [1.165, 1.54) is 12.1 Å². The van der Waals surface area contributed by atoms with Crippen molar-refractivity contribution in [2.24, 2.45) is 0 Å². The number of anilines is 2. The summed E-state index contributed by atoms with van der Waals surface area (Å²) in [6.07, 6.45) is 1.71. The van der Waals surface area contributed by atoms with Crippen LogP contribution < -0.4 is 9.62 Å². The molecule has 0 atom stereocenters. The number of sulfonamides is 1. The monoisotopic (exact) mass is 528 g/mol. The predicted octanol–water partition coefficient (Wildman–Crippen LogP) is 5.75. The number of rotatable bonds is 10. The number of hydrogen-bond donors (Lipinski definition) is 1. The third-order valence-corrected chi connectivity index (χ3v) is 7.47. The summed E-state index contributed by atoms with van der Waals surface area (Å²) in [6, 6.07) is 17.5. The first-order valence-electron chi connectivity index (χ1n) is 11.5.